The van der Waals surface area contributed by atoms with Crippen molar-refractivity contribution >= 4 is 23.5 Å². The molecular formula is C18H25ClO4. The molecule has 0 N–H and O–H groups in total. The van der Waals surface area contributed by atoms with Gasteiger partial charge in [-0.3, -0.25) is 9.59 Å². The molecule has 0 aromatic heterocycles. The summed E-state index contributed by atoms with van der Waals surface area (Å²) in [5.74, 6) is -0.451. The summed E-state index contributed by atoms with van der Waals surface area (Å²) in [7, 11) is 0. The van der Waals surface area contributed by atoms with Gasteiger partial charge >= 0.3 is 11.9 Å². The maximum Gasteiger partial charge on any atom is 0.311 e. The molecule has 0 spiro atoms. The Balaban J connectivity index is 2.07. The van der Waals surface area contributed by atoms with Crippen LogP contribution in [0.15, 0.2) is 24.3 Å². The standard InChI is InChI=1S/C18H25ClO4/c1-2-3-4-5-6-7-13-22-17(20)11-12-18(21)23-16-10-8-9-15(19)14-16/h8-10,14H,2-7,11-13H2,1H3. The SMILES string of the molecule is CCCCCCCCOC(=O)CCC(=O)Oc1cccc(Cl)c1. The molecule has 23 heavy (non-hydrogen) atoms. The minimum absolute atomic E-state index is 0.00183. The maximum absolute atomic E-state index is 11.6. The molecule has 0 saturated carbocycles. The first-order valence-electron chi connectivity index (χ1n) is 8.23. The van der Waals surface area contributed by atoms with Crippen LogP contribution in [0.2, 0.25) is 5.02 Å². The van der Waals surface area contributed by atoms with Crippen LogP contribution < -0.4 is 4.74 Å². The van der Waals surface area contributed by atoms with Crippen molar-refractivity contribution in [1.29, 1.82) is 0 Å². The molecule has 1 aromatic carbocycles. The van der Waals surface area contributed by atoms with Gasteiger partial charge in [-0.15, -0.1) is 0 Å². The van der Waals surface area contributed by atoms with E-state index >= 15 is 0 Å². The van der Waals surface area contributed by atoms with Crippen molar-refractivity contribution in [1.82, 2.24) is 0 Å². The molecule has 0 aliphatic heterocycles. The van der Waals surface area contributed by atoms with Crippen LogP contribution in [0.1, 0.15) is 58.3 Å². The smallest absolute Gasteiger partial charge is 0.311 e. The lowest BCUT2D eigenvalue weighted by Crippen LogP contribution is -2.12. The quantitative estimate of drug-likeness (QED) is 0.325. The first kappa shape index (κ1) is 19.5. The van der Waals surface area contributed by atoms with Crippen LogP contribution in [0.5, 0.6) is 5.75 Å². The molecule has 4 nitrogen and oxygen atoms in total. The summed E-state index contributed by atoms with van der Waals surface area (Å²) >= 11 is 5.80. The number of hydrogen-bond donors (Lipinski definition) is 0. The largest absolute Gasteiger partial charge is 0.466 e. The van der Waals surface area contributed by atoms with E-state index in [1.807, 2.05) is 0 Å². The lowest BCUT2D eigenvalue weighted by atomic mass is 10.1. The fraction of sp³-hybridized carbons (Fsp3) is 0.556. The highest BCUT2D eigenvalue weighted by molar-refractivity contribution is 6.30. The van der Waals surface area contributed by atoms with Crippen molar-refractivity contribution in [2.45, 2.75) is 58.3 Å². The average Bonchev–Trinajstić information content (AvgIpc) is 2.52. The molecule has 5 heteroatoms. The first-order chi connectivity index (χ1) is 11.1. The van der Waals surface area contributed by atoms with Gasteiger partial charge in [0, 0.05) is 5.02 Å². The topological polar surface area (TPSA) is 52.6 Å². The van der Waals surface area contributed by atoms with E-state index in [0.717, 1.165) is 12.8 Å². The molecule has 0 heterocycles. The minimum atomic E-state index is -0.469. The van der Waals surface area contributed by atoms with E-state index in [9.17, 15) is 9.59 Å². The molecule has 1 aromatic rings. The highest BCUT2D eigenvalue weighted by atomic mass is 35.5. The number of unbranched alkanes of at least 4 members (excludes halogenated alkanes) is 5. The lowest BCUT2D eigenvalue weighted by Gasteiger charge is -2.06. The van der Waals surface area contributed by atoms with Gasteiger partial charge < -0.3 is 9.47 Å². The number of hydrogen-bond acceptors (Lipinski definition) is 4. The summed E-state index contributed by atoms with van der Waals surface area (Å²) in [5.41, 5.74) is 0. The number of benzene rings is 1. The summed E-state index contributed by atoms with van der Waals surface area (Å²) in [6, 6.07) is 6.58. The Morgan fingerprint density at radius 3 is 2.43 bits per heavy atom. The Kier molecular flexibility index (Phi) is 10.1. The molecule has 0 radical (unpaired) electrons. The number of carbonyl (C=O) groups excluding carboxylic acids is 2. The Morgan fingerprint density at radius 1 is 1.00 bits per heavy atom. The van der Waals surface area contributed by atoms with Crippen LogP contribution in [0.25, 0.3) is 0 Å². The van der Waals surface area contributed by atoms with E-state index in [1.165, 1.54) is 25.7 Å². The van der Waals surface area contributed by atoms with Crippen LogP contribution >= 0.6 is 11.6 Å². The molecule has 0 unspecified atom stereocenters. The van der Waals surface area contributed by atoms with Crippen LogP contribution in [0.3, 0.4) is 0 Å². The fourth-order valence-corrected chi connectivity index (χ4v) is 2.24. The van der Waals surface area contributed by atoms with Gasteiger partial charge in [-0.2, -0.15) is 0 Å². The van der Waals surface area contributed by atoms with Gasteiger partial charge in [0.05, 0.1) is 19.4 Å². The summed E-state index contributed by atoms with van der Waals surface area (Å²) in [4.78, 5) is 23.2. The Morgan fingerprint density at radius 2 is 1.70 bits per heavy atom. The Bertz CT molecular complexity index is 488. The molecule has 1 rings (SSSR count). The number of ether oxygens (including phenoxy) is 2. The number of carbonyl (C=O) groups is 2. The van der Waals surface area contributed by atoms with Crippen molar-refractivity contribution in [3.63, 3.8) is 0 Å². The van der Waals surface area contributed by atoms with E-state index in [2.05, 4.69) is 6.92 Å². The molecule has 0 fully saturated rings. The zero-order chi connectivity index (χ0) is 16.9. The molecule has 128 valence electrons. The second-order valence-corrected chi connectivity index (χ2v) is 5.86. The Labute approximate surface area is 143 Å². The fourth-order valence-electron chi connectivity index (χ4n) is 2.06. The minimum Gasteiger partial charge on any atom is -0.466 e. The molecule has 0 aliphatic rings. The van der Waals surface area contributed by atoms with Gasteiger partial charge in [0.15, 0.2) is 0 Å². The summed E-state index contributed by atoms with van der Waals surface area (Å²) in [6.45, 7) is 2.60. The molecule has 0 bridgehead atoms. The third-order valence-electron chi connectivity index (χ3n) is 3.32. The van der Waals surface area contributed by atoms with Crippen molar-refractivity contribution < 1.29 is 19.1 Å². The molecule has 0 amide bonds. The second-order valence-electron chi connectivity index (χ2n) is 5.42. The van der Waals surface area contributed by atoms with E-state index in [4.69, 9.17) is 21.1 Å². The lowest BCUT2D eigenvalue weighted by molar-refractivity contribution is -0.147. The summed E-state index contributed by atoms with van der Waals surface area (Å²) in [6.07, 6.45) is 6.88. The van der Waals surface area contributed by atoms with Crippen molar-refractivity contribution in [2.75, 3.05) is 6.61 Å². The van der Waals surface area contributed by atoms with Crippen LogP contribution in [-0.4, -0.2) is 18.5 Å². The predicted molar refractivity (Wildman–Crippen MR) is 90.7 cm³/mol. The van der Waals surface area contributed by atoms with Crippen molar-refractivity contribution in [2.24, 2.45) is 0 Å². The van der Waals surface area contributed by atoms with Gasteiger partial charge in [0.2, 0.25) is 0 Å². The molecule has 0 saturated heterocycles. The normalized spacial score (nSPS) is 10.3. The van der Waals surface area contributed by atoms with Crippen molar-refractivity contribution in [3.05, 3.63) is 29.3 Å². The number of esters is 2. The van der Waals surface area contributed by atoms with Crippen LogP contribution in [0, 0.1) is 0 Å². The van der Waals surface area contributed by atoms with Gasteiger partial charge in [0.25, 0.3) is 0 Å². The van der Waals surface area contributed by atoms with E-state index < -0.39 is 5.97 Å². The van der Waals surface area contributed by atoms with Crippen LogP contribution in [-0.2, 0) is 14.3 Å². The van der Waals surface area contributed by atoms with E-state index in [1.54, 1.807) is 24.3 Å². The first-order valence-corrected chi connectivity index (χ1v) is 8.61. The van der Waals surface area contributed by atoms with Crippen molar-refractivity contribution in [3.8, 4) is 5.75 Å². The number of rotatable bonds is 11. The third-order valence-corrected chi connectivity index (χ3v) is 3.56. The Hall–Kier alpha value is -1.55. The second kappa shape index (κ2) is 11.9. The summed E-state index contributed by atoms with van der Waals surface area (Å²) in [5, 5.41) is 0.494. The molecule has 0 atom stereocenters. The predicted octanol–water partition coefficient (Wildman–Crippen LogP) is 4.93. The van der Waals surface area contributed by atoms with E-state index in [-0.39, 0.29) is 18.8 Å². The zero-order valence-corrected chi connectivity index (χ0v) is 14.4. The van der Waals surface area contributed by atoms with Crippen LogP contribution in [0.4, 0.5) is 0 Å². The molecule has 0 aliphatic carbocycles. The third kappa shape index (κ3) is 9.95. The highest BCUT2D eigenvalue weighted by Crippen LogP contribution is 2.17. The monoisotopic (exact) mass is 340 g/mol. The summed E-state index contributed by atoms with van der Waals surface area (Å²) < 4.78 is 10.2. The van der Waals surface area contributed by atoms with Gasteiger partial charge in [-0.1, -0.05) is 56.7 Å². The maximum atomic E-state index is 11.6. The van der Waals surface area contributed by atoms with Gasteiger partial charge in [-0.25, -0.2) is 0 Å². The van der Waals surface area contributed by atoms with E-state index in [0.29, 0.717) is 17.4 Å². The van der Waals surface area contributed by atoms with Gasteiger partial charge in [-0.05, 0) is 24.6 Å². The zero-order valence-electron chi connectivity index (χ0n) is 13.7. The van der Waals surface area contributed by atoms with Gasteiger partial charge in [0.1, 0.15) is 5.75 Å². The highest BCUT2D eigenvalue weighted by Gasteiger charge is 2.10. The molecular weight excluding hydrogens is 316 g/mol. The average molecular weight is 341 g/mol. The number of halogens is 1.